The number of hydrogen-bond acceptors (Lipinski definition) is 2. The fraction of sp³-hybridized carbons (Fsp3) is 0.889. The quantitative estimate of drug-likeness (QED) is 0.665. The topological polar surface area (TPSA) is 43.1 Å². The van der Waals surface area contributed by atoms with Crippen LogP contribution in [0.25, 0.3) is 0 Å². The molecule has 2 N–H and O–H groups in total. The minimum atomic E-state index is -0.256. The summed E-state index contributed by atoms with van der Waals surface area (Å²) in [5, 5.41) is 0. The molecule has 0 aliphatic heterocycles. The van der Waals surface area contributed by atoms with E-state index in [4.69, 9.17) is 5.73 Å². The fourth-order valence-electron chi connectivity index (χ4n) is 1.50. The SMILES string of the molecule is CCC1CC1CC(=O)C(C)N. The van der Waals surface area contributed by atoms with E-state index in [1.54, 1.807) is 6.92 Å². The molecule has 0 spiro atoms. The maximum atomic E-state index is 11.1. The van der Waals surface area contributed by atoms with Crippen molar-refractivity contribution >= 4 is 5.78 Å². The third-order valence-electron chi connectivity index (χ3n) is 2.56. The van der Waals surface area contributed by atoms with Crippen LogP contribution in [-0.4, -0.2) is 11.8 Å². The van der Waals surface area contributed by atoms with Crippen LogP contribution < -0.4 is 5.73 Å². The fourth-order valence-corrected chi connectivity index (χ4v) is 1.50. The second kappa shape index (κ2) is 3.35. The molecule has 64 valence electrons. The smallest absolute Gasteiger partial charge is 0.149 e. The maximum absolute atomic E-state index is 11.1. The highest BCUT2D eigenvalue weighted by Crippen LogP contribution is 2.43. The zero-order valence-electron chi connectivity index (χ0n) is 7.34. The lowest BCUT2D eigenvalue weighted by atomic mass is 10.1. The van der Waals surface area contributed by atoms with Crippen LogP contribution in [-0.2, 0) is 4.79 Å². The van der Waals surface area contributed by atoms with Crippen molar-refractivity contribution in [1.82, 2.24) is 0 Å². The Labute approximate surface area is 68.2 Å². The average Bonchev–Trinajstić information content (AvgIpc) is 2.67. The van der Waals surface area contributed by atoms with Crippen LogP contribution in [0.3, 0.4) is 0 Å². The maximum Gasteiger partial charge on any atom is 0.149 e. The van der Waals surface area contributed by atoms with Crippen LogP contribution in [0.1, 0.15) is 33.1 Å². The van der Waals surface area contributed by atoms with Crippen molar-refractivity contribution in [3.8, 4) is 0 Å². The Morgan fingerprint density at radius 2 is 2.27 bits per heavy atom. The van der Waals surface area contributed by atoms with Crippen molar-refractivity contribution in [3.05, 3.63) is 0 Å². The van der Waals surface area contributed by atoms with Gasteiger partial charge in [0.05, 0.1) is 6.04 Å². The van der Waals surface area contributed by atoms with Crippen molar-refractivity contribution < 1.29 is 4.79 Å². The molecule has 0 amide bonds. The molecule has 0 heterocycles. The Bertz CT molecular complexity index is 154. The molecule has 3 atom stereocenters. The van der Waals surface area contributed by atoms with Gasteiger partial charge in [-0.3, -0.25) is 4.79 Å². The molecule has 1 rings (SSSR count). The lowest BCUT2D eigenvalue weighted by Crippen LogP contribution is -2.26. The van der Waals surface area contributed by atoms with Gasteiger partial charge in [-0.05, 0) is 25.2 Å². The first-order valence-corrected chi connectivity index (χ1v) is 4.43. The highest BCUT2D eigenvalue weighted by atomic mass is 16.1. The van der Waals surface area contributed by atoms with E-state index in [0.29, 0.717) is 5.92 Å². The second-order valence-corrected chi connectivity index (χ2v) is 3.62. The van der Waals surface area contributed by atoms with Crippen LogP contribution in [0.5, 0.6) is 0 Å². The van der Waals surface area contributed by atoms with E-state index in [9.17, 15) is 4.79 Å². The molecular weight excluding hydrogens is 138 g/mol. The summed E-state index contributed by atoms with van der Waals surface area (Å²) >= 11 is 0. The minimum Gasteiger partial charge on any atom is -0.322 e. The van der Waals surface area contributed by atoms with Gasteiger partial charge < -0.3 is 5.73 Å². The minimum absolute atomic E-state index is 0.228. The van der Waals surface area contributed by atoms with Crippen LogP contribution in [0.15, 0.2) is 0 Å². The number of carbonyl (C=O) groups excluding carboxylic acids is 1. The first-order chi connectivity index (χ1) is 5.15. The monoisotopic (exact) mass is 155 g/mol. The zero-order chi connectivity index (χ0) is 8.43. The Balaban J connectivity index is 2.18. The molecule has 1 aliphatic carbocycles. The molecule has 0 aromatic rings. The predicted molar refractivity (Wildman–Crippen MR) is 45.2 cm³/mol. The molecule has 0 bridgehead atoms. The summed E-state index contributed by atoms with van der Waals surface area (Å²) in [6.07, 6.45) is 3.18. The van der Waals surface area contributed by atoms with Crippen LogP contribution in [0.4, 0.5) is 0 Å². The van der Waals surface area contributed by atoms with Crippen molar-refractivity contribution in [2.75, 3.05) is 0 Å². The van der Waals surface area contributed by atoms with Gasteiger partial charge in [-0.1, -0.05) is 13.3 Å². The van der Waals surface area contributed by atoms with E-state index in [2.05, 4.69) is 6.92 Å². The molecule has 0 saturated heterocycles. The number of Topliss-reactive ketones (excluding diaryl/α,β-unsaturated/α-hetero) is 1. The van der Waals surface area contributed by atoms with Gasteiger partial charge >= 0.3 is 0 Å². The number of ketones is 1. The average molecular weight is 155 g/mol. The van der Waals surface area contributed by atoms with Gasteiger partial charge in [-0.2, -0.15) is 0 Å². The van der Waals surface area contributed by atoms with Gasteiger partial charge in [0, 0.05) is 6.42 Å². The zero-order valence-corrected chi connectivity index (χ0v) is 7.34. The normalized spacial score (nSPS) is 31.5. The molecule has 0 aromatic carbocycles. The van der Waals surface area contributed by atoms with Crippen molar-refractivity contribution in [2.45, 2.75) is 39.2 Å². The molecule has 2 nitrogen and oxygen atoms in total. The highest BCUT2D eigenvalue weighted by molar-refractivity contribution is 5.83. The summed E-state index contributed by atoms with van der Waals surface area (Å²) in [5.41, 5.74) is 5.45. The summed E-state index contributed by atoms with van der Waals surface area (Å²) in [4.78, 5) is 11.1. The summed E-state index contributed by atoms with van der Waals surface area (Å²) < 4.78 is 0. The Morgan fingerprint density at radius 3 is 2.64 bits per heavy atom. The predicted octanol–water partition coefficient (Wildman–Crippen LogP) is 1.34. The van der Waals surface area contributed by atoms with Crippen molar-refractivity contribution in [3.63, 3.8) is 0 Å². The van der Waals surface area contributed by atoms with Gasteiger partial charge in [0.15, 0.2) is 0 Å². The first kappa shape index (κ1) is 8.72. The van der Waals surface area contributed by atoms with Gasteiger partial charge in [0.25, 0.3) is 0 Å². The van der Waals surface area contributed by atoms with E-state index in [0.717, 1.165) is 12.3 Å². The molecule has 0 aromatic heterocycles. The lowest BCUT2D eigenvalue weighted by molar-refractivity contribution is -0.120. The molecule has 1 saturated carbocycles. The van der Waals surface area contributed by atoms with E-state index >= 15 is 0 Å². The van der Waals surface area contributed by atoms with Crippen LogP contribution >= 0.6 is 0 Å². The van der Waals surface area contributed by atoms with Gasteiger partial charge in [-0.25, -0.2) is 0 Å². The number of nitrogens with two attached hydrogens (primary N) is 1. The highest BCUT2D eigenvalue weighted by Gasteiger charge is 2.36. The summed E-state index contributed by atoms with van der Waals surface area (Å²) in [7, 11) is 0. The number of hydrogen-bond donors (Lipinski definition) is 1. The number of rotatable bonds is 4. The Hall–Kier alpha value is -0.370. The first-order valence-electron chi connectivity index (χ1n) is 4.43. The largest absolute Gasteiger partial charge is 0.322 e. The summed E-state index contributed by atoms with van der Waals surface area (Å²) in [6.45, 7) is 3.95. The summed E-state index contributed by atoms with van der Waals surface area (Å²) in [5.74, 6) is 1.71. The molecule has 2 heteroatoms. The van der Waals surface area contributed by atoms with E-state index in [-0.39, 0.29) is 11.8 Å². The van der Waals surface area contributed by atoms with E-state index < -0.39 is 0 Å². The Morgan fingerprint density at radius 1 is 1.64 bits per heavy atom. The summed E-state index contributed by atoms with van der Waals surface area (Å²) in [6, 6.07) is -0.256. The third kappa shape index (κ3) is 2.29. The third-order valence-corrected chi connectivity index (χ3v) is 2.56. The standard InChI is InChI=1S/C9H17NO/c1-3-7-4-8(7)5-9(11)6(2)10/h6-8H,3-5,10H2,1-2H3. The van der Waals surface area contributed by atoms with Gasteiger partial charge in [-0.15, -0.1) is 0 Å². The Kier molecular flexibility index (Phi) is 2.66. The van der Waals surface area contributed by atoms with Crippen molar-refractivity contribution in [1.29, 1.82) is 0 Å². The molecule has 0 radical (unpaired) electrons. The molecular formula is C9H17NO. The van der Waals surface area contributed by atoms with Crippen LogP contribution in [0.2, 0.25) is 0 Å². The van der Waals surface area contributed by atoms with Gasteiger partial charge in [0.1, 0.15) is 5.78 Å². The van der Waals surface area contributed by atoms with E-state index in [1.807, 2.05) is 0 Å². The second-order valence-electron chi connectivity index (χ2n) is 3.62. The molecule has 1 aliphatic rings. The lowest BCUT2D eigenvalue weighted by Gasteiger charge is -2.02. The van der Waals surface area contributed by atoms with Crippen LogP contribution in [0, 0.1) is 11.8 Å². The molecule has 1 fully saturated rings. The molecule has 3 unspecified atom stereocenters. The van der Waals surface area contributed by atoms with E-state index in [1.165, 1.54) is 12.8 Å². The van der Waals surface area contributed by atoms with Gasteiger partial charge in [0.2, 0.25) is 0 Å². The number of carbonyl (C=O) groups is 1. The van der Waals surface area contributed by atoms with Crippen molar-refractivity contribution in [2.24, 2.45) is 17.6 Å². The molecule has 11 heavy (non-hydrogen) atoms.